The van der Waals surface area contributed by atoms with Gasteiger partial charge in [-0.05, 0) is 34.1 Å². The zero-order valence-corrected chi connectivity index (χ0v) is 12.6. The zero-order valence-electron chi connectivity index (χ0n) is 10.2. The number of halogens is 4. The van der Waals surface area contributed by atoms with Gasteiger partial charge in [-0.3, -0.25) is 0 Å². The van der Waals surface area contributed by atoms with Crippen molar-refractivity contribution in [2.75, 3.05) is 0 Å². The molecule has 0 fully saturated rings. The monoisotopic (exact) mass is 365 g/mol. The first-order valence-corrected chi connectivity index (χ1v) is 7.33. The number of thiophene rings is 1. The van der Waals surface area contributed by atoms with Crippen molar-refractivity contribution in [2.45, 2.75) is 19.5 Å². The second kappa shape index (κ2) is 6.60. The van der Waals surface area contributed by atoms with E-state index >= 15 is 0 Å². The van der Waals surface area contributed by atoms with Gasteiger partial charge in [-0.15, -0.1) is 24.5 Å². The number of rotatable bonds is 5. The van der Waals surface area contributed by atoms with Crippen LogP contribution in [0.5, 0.6) is 5.75 Å². The van der Waals surface area contributed by atoms with Crippen LogP contribution in [0.4, 0.5) is 13.2 Å². The fourth-order valence-electron chi connectivity index (χ4n) is 1.64. The summed E-state index contributed by atoms with van der Waals surface area (Å²) in [5, 5.41) is 3.10. The van der Waals surface area contributed by atoms with Crippen LogP contribution in [0.15, 0.2) is 40.2 Å². The van der Waals surface area contributed by atoms with E-state index < -0.39 is 6.36 Å². The van der Waals surface area contributed by atoms with E-state index in [0.29, 0.717) is 18.7 Å². The number of alkyl halides is 3. The summed E-state index contributed by atoms with van der Waals surface area (Å²) in [5.41, 5.74) is 0.473. The maximum Gasteiger partial charge on any atom is 0.573 e. The first-order chi connectivity index (χ1) is 9.44. The molecule has 20 heavy (non-hydrogen) atoms. The number of ether oxygens (including phenoxy) is 1. The van der Waals surface area contributed by atoms with E-state index in [9.17, 15) is 13.2 Å². The molecule has 0 saturated heterocycles. The van der Waals surface area contributed by atoms with Crippen LogP contribution in [0.1, 0.15) is 10.4 Å². The van der Waals surface area contributed by atoms with Gasteiger partial charge in [-0.25, -0.2) is 0 Å². The standard InChI is InChI=1S/C13H11BrF3NOS/c14-12-6-5-10(20-12)8-18-7-9-3-1-2-4-11(9)19-13(15,16)17/h1-6,18H,7-8H2. The topological polar surface area (TPSA) is 21.3 Å². The molecule has 2 rings (SSSR count). The van der Waals surface area contributed by atoms with E-state index in [2.05, 4.69) is 26.0 Å². The third kappa shape index (κ3) is 4.81. The Labute approximate surface area is 126 Å². The number of nitrogens with one attached hydrogen (secondary N) is 1. The molecule has 0 aliphatic carbocycles. The molecule has 0 aliphatic rings. The number of para-hydroxylation sites is 1. The maximum absolute atomic E-state index is 12.3. The fourth-order valence-corrected chi connectivity index (χ4v) is 3.09. The second-order valence-corrected chi connectivity index (χ2v) is 6.51. The molecule has 2 aromatic rings. The molecule has 1 aromatic heterocycles. The van der Waals surface area contributed by atoms with Gasteiger partial charge >= 0.3 is 6.36 Å². The Hall–Kier alpha value is -1.05. The molecule has 0 saturated carbocycles. The van der Waals surface area contributed by atoms with Gasteiger partial charge in [0.2, 0.25) is 0 Å². The molecule has 0 spiro atoms. The molecule has 7 heteroatoms. The molecule has 0 aliphatic heterocycles. The molecule has 0 amide bonds. The Kier molecular flexibility index (Phi) is 5.06. The van der Waals surface area contributed by atoms with Crippen molar-refractivity contribution in [3.05, 3.63) is 50.6 Å². The maximum atomic E-state index is 12.3. The van der Waals surface area contributed by atoms with Crippen LogP contribution < -0.4 is 10.1 Å². The Morgan fingerprint density at radius 3 is 2.50 bits per heavy atom. The highest BCUT2D eigenvalue weighted by molar-refractivity contribution is 9.11. The number of benzene rings is 1. The molecule has 1 N–H and O–H groups in total. The average molecular weight is 366 g/mol. The first kappa shape index (κ1) is 15.3. The second-order valence-electron chi connectivity index (χ2n) is 3.96. The lowest BCUT2D eigenvalue weighted by molar-refractivity contribution is -0.274. The van der Waals surface area contributed by atoms with Gasteiger partial charge in [0.15, 0.2) is 0 Å². The largest absolute Gasteiger partial charge is 0.573 e. The summed E-state index contributed by atoms with van der Waals surface area (Å²) in [6.07, 6.45) is -4.67. The lowest BCUT2D eigenvalue weighted by Crippen LogP contribution is -2.19. The molecule has 0 unspecified atom stereocenters. The molecule has 0 atom stereocenters. The molecule has 108 valence electrons. The average Bonchev–Trinajstić information content (AvgIpc) is 2.75. The van der Waals surface area contributed by atoms with Crippen molar-refractivity contribution in [1.82, 2.24) is 5.32 Å². The van der Waals surface area contributed by atoms with E-state index in [4.69, 9.17) is 0 Å². The number of hydrogen-bond acceptors (Lipinski definition) is 3. The van der Waals surface area contributed by atoms with Crippen LogP contribution in [0.3, 0.4) is 0 Å². The van der Waals surface area contributed by atoms with Crippen LogP contribution in [0.25, 0.3) is 0 Å². The van der Waals surface area contributed by atoms with Crippen LogP contribution in [-0.2, 0) is 13.1 Å². The zero-order chi connectivity index (χ0) is 14.6. The highest BCUT2D eigenvalue weighted by Crippen LogP contribution is 2.26. The van der Waals surface area contributed by atoms with Crippen LogP contribution in [0, 0.1) is 0 Å². The lowest BCUT2D eigenvalue weighted by Gasteiger charge is -2.13. The third-order valence-electron chi connectivity index (χ3n) is 2.44. The van der Waals surface area contributed by atoms with Gasteiger partial charge in [0.1, 0.15) is 5.75 Å². The van der Waals surface area contributed by atoms with Crippen LogP contribution in [-0.4, -0.2) is 6.36 Å². The normalized spacial score (nSPS) is 11.6. The highest BCUT2D eigenvalue weighted by atomic mass is 79.9. The summed E-state index contributed by atoms with van der Waals surface area (Å²) in [6.45, 7) is 0.901. The predicted molar refractivity (Wildman–Crippen MR) is 75.7 cm³/mol. The SMILES string of the molecule is FC(F)(F)Oc1ccccc1CNCc1ccc(Br)s1. The minimum atomic E-state index is -4.67. The van der Waals surface area contributed by atoms with Crippen molar-refractivity contribution >= 4 is 27.3 Å². The fraction of sp³-hybridized carbons (Fsp3) is 0.231. The summed E-state index contributed by atoms with van der Waals surface area (Å²) in [4.78, 5) is 1.10. The van der Waals surface area contributed by atoms with Crippen LogP contribution >= 0.6 is 27.3 Å². The van der Waals surface area contributed by atoms with Gasteiger partial charge < -0.3 is 10.1 Å². The van der Waals surface area contributed by atoms with Gasteiger partial charge in [0.25, 0.3) is 0 Å². The quantitative estimate of drug-likeness (QED) is 0.829. The van der Waals surface area contributed by atoms with Crippen molar-refractivity contribution in [1.29, 1.82) is 0 Å². The Morgan fingerprint density at radius 1 is 1.10 bits per heavy atom. The molecule has 1 heterocycles. The summed E-state index contributed by atoms with van der Waals surface area (Å²) >= 11 is 4.94. The Bertz CT molecular complexity index is 571. The molecular formula is C13H11BrF3NOS. The highest BCUT2D eigenvalue weighted by Gasteiger charge is 2.31. The van der Waals surface area contributed by atoms with E-state index in [1.165, 1.54) is 12.1 Å². The predicted octanol–water partition coefficient (Wildman–Crippen LogP) is 4.70. The molecule has 2 nitrogen and oxygen atoms in total. The van der Waals surface area contributed by atoms with E-state index in [-0.39, 0.29) is 5.75 Å². The molecule has 0 bridgehead atoms. The summed E-state index contributed by atoms with van der Waals surface area (Å²) in [6, 6.07) is 10.0. The molecular weight excluding hydrogens is 355 g/mol. The van der Waals surface area contributed by atoms with E-state index in [1.54, 1.807) is 23.5 Å². The van der Waals surface area contributed by atoms with Gasteiger partial charge in [0.05, 0.1) is 3.79 Å². The van der Waals surface area contributed by atoms with E-state index in [1.807, 2.05) is 12.1 Å². The smallest absolute Gasteiger partial charge is 0.405 e. The van der Waals surface area contributed by atoms with Crippen molar-refractivity contribution in [3.8, 4) is 5.75 Å². The summed E-state index contributed by atoms with van der Waals surface area (Å²) in [7, 11) is 0. The summed E-state index contributed by atoms with van der Waals surface area (Å²) in [5.74, 6) is -0.167. The van der Waals surface area contributed by atoms with E-state index in [0.717, 1.165) is 8.66 Å². The summed E-state index contributed by atoms with van der Waals surface area (Å²) < 4.78 is 41.8. The number of hydrogen-bond donors (Lipinski definition) is 1. The van der Waals surface area contributed by atoms with Crippen molar-refractivity contribution in [2.24, 2.45) is 0 Å². The molecule has 0 radical (unpaired) electrons. The van der Waals surface area contributed by atoms with Gasteiger partial charge in [0, 0.05) is 23.5 Å². The Balaban J connectivity index is 1.95. The minimum absolute atomic E-state index is 0.167. The van der Waals surface area contributed by atoms with Gasteiger partial charge in [-0.2, -0.15) is 0 Å². The first-order valence-electron chi connectivity index (χ1n) is 5.72. The Morgan fingerprint density at radius 2 is 1.85 bits per heavy atom. The lowest BCUT2D eigenvalue weighted by atomic mass is 10.2. The van der Waals surface area contributed by atoms with Crippen LogP contribution in [0.2, 0.25) is 0 Å². The molecule has 1 aromatic carbocycles. The van der Waals surface area contributed by atoms with Crippen molar-refractivity contribution in [3.63, 3.8) is 0 Å². The van der Waals surface area contributed by atoms with Gasteiger partial charge in [-0.1, -0.05) is 18.2 Å². The third-order valence-corrected chi connectivity index (χ3v) is 4.07. The minimum Gasteiger partial charge on any atom is -0.405 e. The van der Waals surface area contributed by atoms with Crippen molar-refractivity contribution < 1.29 is 17.9 Å².